The highest BCUT2D eigenvalue weighted by atomic mass is 16.5. The molecule has 1 amide bonds. The molecule has 0 unspecified atom stereocenters. The third kappa shape index (κ3) is 4.34. The number of ether oxygens (including phenoxy) is 1. The number of aryl methyl sites for hydroxylation is 1. The van der Waals surface area contributed by atoms with Gasteiger partial charge in [0.15, 0.2) is 5.65 Å². The van der Waals surface area contributed by atoms with E-state index in [4.69, 9.17) is 14.8 Å². The number of rotatable bonds is 7. The maximum Gasteiger partial charge on any atom is 0.252 e. The highest BCUT2D eigenvalue weighted by molar-refractivity contribution is 6.06. The Kier molecular flexibility index (Phi) is 5.70. The molecule has 1 saturated heterocycles. The van der Waals surface area contributed by atoms with Gasteiger partial charge < -0.3 is 10.1 Å². The zero-order valence-corrected chi connectivity index (χ0v) is 18.0. The molecule has 2 aromatic heterocycles. The lowest BCUT2D eigenvalue weighted by atomic mass is 10.1. The van der Waals surface area contributed by atoms with E-state index in [-0.39, 0.29) is 5.91 Å². The second-order valence-electron chi connectivity index (χ2n) is 8.46. The van der Waals surface area contributed by atoms with Crippen LogP contribution in [0.15, 0.2) is 36.4 Å². The van der Waals surface area contributed by atoms with Crippen LogP contribution in [0.4, 0.5) is 0 Å². The Morgan fingerprint density at radius 2 is 1.97 bits per heavy atom. The van der Waals surface area contributed by atoms with Crippen LogP contribution in [0.1, 0.15) is 46.9 Å². The minimum atomic E-state index is -0.0352. The predicted octanol–water partition coefficient (Wildman–Crippen LogP) is 3.06. The molecule has 3 heterocycles. The fraction of sp³-hybridized carbons (Fsp3) is 0.458. The normalized spacial score (nSPS) is 17.2. The van der Waals surface area contributed by atoms with Gasteiger partial charge >= 0.3 is 0 Å². The molecular weight excluding hydrogens is 390 g/mol. The first-order valence-electron chi connectivity index (χ1n) is 11.2. The summed E-state index contributed by atoms with van der Waals surface area (Å²) in [7, 11) is 0. The summed E-state index contributed by atoms with van der Waals surface area (Å²) in [6, 6.07) is 12.0. The fourth-order valence-electron chi connectivity index (χ4n) is 4.25. The van der Waals surface area contributed by atoms with Crippen molar-refractivity contribution in [2.75, 3.05) is 39.4 Å². The standard InChI is InChI=1S/C24H29N5O2/c1-17-22-20(24(30)25-10-5-11-28-12-14-31-15-13-28)16-21(18-8-9-18)26-23(22)29(27-17)19-6-3-2-4-7-19/h2-4,6-7,16,18H,5,8-15H2,1H3,(H,25,30). The molecule has 1 aliphatic carbocycles. The Hall–Kier alpha value is -2.77. The molecule has 5 rings (SSSR count). The quantitative estimate of drug-likeness (QED) is 0.596. The van der Waals surface area contributed by atoms with Crippen molar-refractivity contribution in [1.82, 2.24) is 25.0 Å². The molecule has 0 spiro atoms. The molecule has 2 aliphatic rings. The average molecular weight is 420 g/mol. The van der Waals surface area contributed by atoms with Crippen LogP contribution in [0, 0.1) is 6.92 Å². The topological polar surface area (TPSA) is 72.3 Å². The first-order valence-corrected chi connectivity index (χ1v) is 11.2. The zero-order chi connectivity index (χ0) is 21.2. The monoisotopic (exact) mass is 419 g/mol. The van der Waals surface area contributed by atoms with Gasteiger partial charge in [0.2, 0.25) is 0 Å². The number of carbonyl (C=O) groups is 1. The summed E-state index contributed by atoms with van der Waals surface area (Å²) in [5.74, 6) is 0.420. The highest BCUT2D eigenvalue weighted by Crippen LogP contribution is 2.40. The lowest BCUT2D eigenvalue weighted by molar-refractivity contribution is 0.0374. The number of fused-ring (bicyclic) bond motifs is 1. The summed E-state index contributed by atoms with van der Waals surface area (Å²) in [5.41, 5.74) is 4.25. The number of aromatic nitrogens is 3. The van der Waals surface area contributed by atoms with Crippen molar-refractivity contribution in [2.45, 2.75) is 32.1 Å². The average Bonchev–Trinajstić information content (AvgIpc) is 3.61. The minimum absolute atomic E-state index is 0.0352. The molecule has 31 heavy (non-hydrogen) atoms. The number of para-hydroxylation sites is 1. The van der Waals surface area contributed by atoms with Crippen molar-refractivity contribution in [2.24, 2.45) is 0 Å². The fourth-order valence-corrected chi connectivity index (χ4v) is 4.25. The van der Waals surface area contributed by atoms with Gasteiger partial charge in [0.1, 0.15) is 0 Å². The van der Waals surface area contributed by atoms with E-state index < -0.39 is 0 Å². The lowest BCUT2D eigenvalue weighted by Crippen LogP contribution is -2.38. The minimum Gasteiger partial charge on any atom is -0.379 e. The number of benzene rings is 1. The van der Waals surface area contributed by atoms with Crippen molar-refractivity contribution in [3.8, 4) is 5.69 Å². The molecule has 0 atom stereocenters. The van der Waals surface area contributed by atoms with Crippen molar-refractivity contribution in [3.63, 3.8) is 0 Å². The van der Waals surface area contributed by atoms with Gasteiger partial charge in [-0.05, 0) is 50.9 Å². The van der Waals surface area contributed by atoms with E-state index in [9.17, 15) is 4.79 Å². The number of nitrogens with zero attached hydrogens (tertiary/aromatic N) is 4. The third-order valence-corrected chi connectivity index (χ3v) is 6.11. The Morgan fingerprint density at radius 1 is 1.19 bits per heavy atom. The summed E-state index contributed by atoms with van der Waals surface area (Å²) in [6.07, 6.45) is 3.20. The van der Waals surface area contributed by atoms with Gasteiger partial charge in [-0.3, -0.25) is 9.69 Å². The van der Waals surface area contributed by atoms with Crippen molar-refractivity contribution >= 4 is 16.9 Å². The summed E-state index contributed by atoms with van der Waals surface area (Å²) >= 11 is 0. The predicted molar refractivity (Wildman–Crippen MR) is 120 cm³/mol. The van der Waals surface area contributed by atoms with Crippen molar-refractivity contribution in [3.05, 3.63) is 53.3 Å². The molecule has 1 saturated carbocycles. The molecule has 3 aromatic rings. The smallest absolute Gasteiger partial charge is 0.252 e. The van der Waals surface area contributed by atoms with Gasteiger partial charge in [0.25, 0.3) is 5.91 Å². The van der Waals surface area contributed by atoms with Gasteiger partial charge in [-0.2, -0.15) is 5.10 Å². The molecule has 0 bridgehead atoms. The Bertz CT molecular complexity index is 1070. The lowest BCUT2D eigenvalue weighted by Gasteiger charge is -2.26. The van der Waals surface area contributed by atoms with Crippen molar-refractivity contribution < 1.29 is 9.53 Å². The molecule has 1 N–H and O–H groups in total. The molecule has 7 nitrogen and oxygen atoms in total. The number of hydrogen-bond donors (Lipinski definition) is 1. The van der Waals surface area contributed by atoms with Crippen LogP contribution < -0.4 is 5.32 Å². The first-order chi connectivity index (χ1) is 15.2. The van der Waals surface area contributed by atoms with Crippen LogP contribution in [-0.4, -0.2) is 65.0 Å². The van der Waals surface area contributed by atoms with Crippen LogP contribution >= 0.6 is 0 Å². The van der Waals surface area contributed by atoms with E-state index in [1.807, 2.05) is 48.0 Å². The van der Waals surface area contributed by atoms with E-state index in [2.05, 4.69) is 10.2 Å². The second kappa shape index (κ2) is 8.77. The van der Waals surface area contributed by atoms with Gasteiger partial charge in [0, 0.05) is 31.2 Å². The summed E-state index contributed by atoms with van der Waals surface area (Å²) < 4.78 is 7.27. The second-order valence-corrected chi connectivity index (χ2v) is 8.46. The molecular formula is C24H29N5O2. The van der Waals surface area contributed by atoms with Gasteiger partial charge in [0.05, 0.1) is 35.5 Å². The molecule has 2 fully saturated rings. The van der Waals surface area contributed by atoms with Crippen LogP contribution in [0.3, 0.4) is 0 Å². The first kappa shape index (κ1) is 20.2. The number of pyridine rings is 1. The molecule has 7 heteroatoms. The summed E-state index contributed by atoms with van der Waals surface area (Å²) in [6.45, 7) is 7.14. The molecule has 0 radical (unpaired) electrons. The van der Waals surface area contributed by atoms with Crippen LogP contribution in [0.25, 0.3) is 16.7 Å². The Morgan fingerprint density at radius 3 is 2.71 bits per heavy atom. The molecule has 162 valence electrons. The van der Waals surface area contributed by atoms with E-state index in [1.54, 1.807) is 0 Å². The molecule has 1 aliphatic heterocycles. The largest absolute Gasteiger partial charge is 0.379 e. The van der Waals surface area contributed by atoms with Crippen LogP contribution in [0.5, 0.6) is 0 Å². The van der Waals surface area contributed by atoms with Gasteiger partial charge in [-0.15, -0.1) is 0 Å². The Labute approximate surface area is 182 Å². The maximum absolute atomic E-state index is 13.2. The van der Waals surface area contributed by atoms with Gasteiger partial charge in [-0.1, -0.05) is 18.2 Å². The number of hydrogen-bond acceptors (Lipinski definition) is 5. The summed E-state index contributed by atoms with van der Waals surface area (Å²) in [5, 5.41) is 8.72. The van der Waals surface area contributed by atoms with Crippen molar-refractivity contribution in [1.29, 1.82) is 0 Å². The van der Waals surface area contributed by atoms with E-state index in [0.717, 1.165) is 80.2 Å². The number of carbonyl (C=O) groups excluding carboxylic acids is 1. The SMILES string of the molecule is Cc1nn(-c2ccccc2)c2nc(C3CC3)cc(C(=O)NCCCN3CCOCC3)c12. The number of morpholine rings is 1. The highest BCUT2D eigenvalue weighted by Gasteiger charge is 2.29. The number of nitrogens with one attached hydrogen (secondary N) is 1. The number of amides is 1. The molecule has 1 aromatic carbocycles. The summed E-state index contributed by atoms with van der Waals surface area (Å²) in [4.78, 5) is 20.5. The van der Waals surface area contributed by atoms with Crippen LogP contribution in [-0.2, 0) is 4.74 Å². The van der Waals surface area contributed by atoms with E-state index in [0.29, 0.717) is 18.0 Å². The van der Waals surface area contributed by atoms with E-state index in [1.165, 1.54) is 0 Å². The Balaban J connectivity index is 1.39. The van der Waals surface area contributed by atoms with Crippen LogP contribution in [0.2, 0.25) is 0 Å². The maximum atomic E-state index is 13.2. The third-order valence-electron chi connectivity index (χ3n) is 6.11. The van der Waals surface area contributed by atoms with Gasteiger partial charge in [-0.25, -0.2) is 9.67 Å². The zero-order valence-electron chi connectivity index (χ0n) is 18.0. The van der Waals surface area contributed by atoms with E-state index >= 15 is 0 Å².